The first-order valence-electron chi connectivity index (χ1n) is 16.5. The van der Waals surface area contributed by atoms with E-state index >= 15 is 0 Å². The van der Waals surface area contributed by atoms with Crippen molar-refractivity contribution in [1.82, 2.24) is 29.3 Å². The maximum absolute atomic E-state index is 6.46. The molecule has 11 nitrogen and oxygen atoms in total. The smallest absolute Gasteiger partial charge is 0.472 e. The van der Waals surface area contributed by atoms with E-state index in [1.807, 2.05) is 48.6 Å². The molecule has 47 heavy (non-hydrogen) atoms. The molecule has 252 valence electrons. The summed E-state index contributed by atoms with van der Waals surface area (Å²) >= 11 is 2.36. The molecular formula is C34H46BIN6O5. The van der Waals surface area contributed by atoms with E-state index in [0.717, 1.165) is 75.0 Å². The fourth-order valence-corrected chi connectivity index (χ4v) is 7.01. The molecule has 0 saturated carbocycles. The van der Waals surface area contributed by atoms with Gasteiger partial charge >= 0.3 is 7.12 Å². The number of fused-ring (bicyclic) bond motifs is 1. The summed E-state index contributed by atoms with van der Waals surface area (Å²) in [6, 6.07) is 6.38. The van der Waals surface area contributed by atoms with E-state index < -0.39 is 18.3 Å². The largest absolute Gasteiger partial charge is 0.487 e. The van der Waals surface area contributed by atoms with E-state index in [2.05, 4.69) is 85.6 Å². The minimum atomic E-state index is -0.466. The first kappa shape index (κ1) is 34.2. The summed E-state index contributed by atoms with van der Waals surface area (Å²) in [5, 5.41) is 15.2. The van der Waals surface area contributed by atoms with Crippen molar-refractivity contribution in [2.45, 2.75) is 97.4 Å². The van der Waals surface area contributed by atoms with Crippen LogP contribution in [0.25, 0.3) is 28.1 Å². The molecule has 2 unspecified atom stereocenters. The van der Waals surface area contributed by atoms with E-state index in [-0.39, 0.29) is 12.3 Å². The third-order valence-corrected chi connectivity index (χ3v) is 10.7. The first-order chi connectivity index (χ1) is 22.4. The van der Waals surface area contributed by atoms with Crippen molar-refractivity contribution in [3.8, 4) is 17.0 Å². The predicted molar refractivity (Wildman–Crippen MR) is 191 cm³/mol. The van der Waals surface area contributed by atoms with Crippen LogP contribution < -0.4 is 4.74 Å². The van der Waals surface area contributed by atoms with Gasteiger partial charge in [-0.1, -0.05) is 19.0 Å². The number of hydrogen-bond donors (Lipinski definition) is 0. The molecule has 2 saturated heterocycles. The summed E-state index contributed by atoms with van der Waals surface area (Å²) in [6.45, 7) is 14.0. The molecule has 6 rings (SSSR count). The van der Waals surface area contributed by atoms with Gasteiger partial charge in [-0.05, 0) is 107 Å². The van der Waals surface area contributed by atoms with Gasteiger partial charge in [-0.3, -0.25) is 4.68 Å². The predicted octanol–water partition coefficient (Wildman–Crippen LogP) is 6.67. The standard InChI is InChI=1S/C34H46BIN6O5/c1-9-26-31(36)29(40(7)38-26)21-43-20-22(2)45-32-25(19-37-41(32)8)23-13-14-28-24(18-23)27(39-42(28)30-12-10-11-17-44-30)15-16-35-46-33(3,4)34(5,6)47-35/h13-16,18-19,22,30H,9-12,17,20-21H2,1-8H3/b16-15+. The maximum atomic E-state index is 6.46. The van der Waals surface area contributed by atoms with Crippen LogP contribution in [-0.4, -0.2) is 67.0 Å². The molecule has 0 spiro atoms. The average molecular weight is 756 g/mol. The lowest BCUT2D eigenvalue weighted by molar-refractivity contribution is -0.0367. The lowest BCUT2D eigenvalue weighted by Crippen LogP contribution is -2.41. The monoisotopic (exact) mass is 756 g/mol. The molecule has 2 fully saturated rings. The van der Waals surface area contributed by atoms with Gasteiger partial charge < -0.3 is 23.5 Å². The van der Waals surface area contributed by atoms with E-state index in [1.165, 1.54) is 0 Å². The van der Waals surface area contributed by atoms with Crippen molar-refractivity contribution in [3.05, 3.63) is 51.0 Å². The zero-order valence-electron chi connectivity index (χ0n) is 28.7. The van der Waals surface area contributed by atoms with Crippen LogP contribution in [0.15, 0.2) is 30.4 Å². The van der Waals surface area contributed by atoms with Gasteiger partial charge in [0.1, 0.15) is 6.10 Å². The summed E-state index contributed by atoms with van der Waals surface area (Å²) in [4.78, 5) is 0. The molecule has 4 aromatic rings. The van der Waals surface area contributed by atoms with Crippen molar-refractivity contribution in [2.75, 3.05) is 13.2 Å². The van der Waals surface area contributed by atoms with Crippen molar-refractivity contribution in [3.63, 3.8) is 0 Å². The Morgan fingerprint density at radius 3 is 2.55 bits per heavy atom. The molecule has 13 heteroatoms. The summed E-state index contributed by atoms with van der Waals surface area (Å²) < 4.78 is 38.0. The van der Waals surface area contributed by atoms with E-state index in [1.54, 1.807) is 4.68 Å². The van der Waals surface area contributed by atoms with Crippen LogP contribution in [0.1, 0.15) is 84.1 Å². The number of rotatable bonds is 11. The zero-order valence-corrected chi connectivity index (χ0v) is 30.9. The molecule has 3 aromatic heterocycles. The quantitative estimate of drug-likeness (QED) is 0.124. The summed E-state index contributed by atoms with van der Waals surface area (Å²) in [7, 11) is 3.39. The second kappa shape index (κ2) is 13.7. The Labute approximate surface area is 291 Å². The van der Waals surface area contributed by atoms with Crippen LogP contribution in [0.2, 0.25) is 0 Å². The Morgan fingerprint density at radius 1 is 1.11 bits per heavy atom. The number of aryl methyl sites for hydroxylation is 3. The van der Waals surface area contributed by atoms with Crippen molar-refractivity contribution < 1.29 is 23.5 Å². The number of hydrogen-bond acceptors (Lipinski definition) is 8. The number of benzene rings is 1. The van der Waals surface area contributed by atoms with Gasteiger partial charge in [0.15, 0.2) is 6.23 Å². The number of aromatic nitrogens is 6. The molecule has 0 aliphatic carbocycles. The molecule has 0 bridgehead atoms. The molecular weight excluding hydrogens is 710 g/mol. The summed E-state index contributed by atoms with van der Waals surface area (Å²) in [5.74, 6) is 2.63. The second-order valence-corrected chi connectivity index (χ2v) is 14.6. The van der Waals surface area contributed by atoms with Gasteiger partial charge in [0.25, 0.3) is 0 Å². The van der Waals surface area contributed by atoms with Gasteiger partial charge in [0, 0.05) is 26.1 Å². The third-order valence-electron chi connectivity index (χ3n) is 9.45. The summed E-state index contributed by atoms with van der Waals surface area (Å²) in [6.07, 6.45) is 7.56. The molecule has 1 aromatic carbocycles. The highest BCUT2D eigenvalue weighted by atomic mass is 127. The number of halogens is 1. The highest BCUT2D eigenvalue weighted by Crippen LogP contribution is 2.38. The Balaban J connectivity index is 1.25. The Hall–Kier alpha value is -2.72. The van der Waals surface area contributed by atoms with Crippen molar-refractivity contribution in [2.24, 2.45) is 14.1 Å². The maximum Gasteiger partial charge on any atom is 0.487 e. The molecule has 0 radical (unpaired) electrons. The SMILES string of the molecule is CCc1nn(C)c(COCC(C)Oc2c(-c3ccc4c(c3)c(/C=C/B3OC(C)(C)C(C)(C)O3)nn4C3CCCCO3)cnn2C)c1I. The average Bonchev–Trinajstić information content (AvgIpc) is 3.73. The Kier molecular flexibility index (Phi) is 9.92. The van der Waals surface area contributed by atoms with Crippen molar-refractivity contribution in [1.29, 1.82) is 0 Å². The minimum Gasteiger partial charge on any atom is -0.472 e. The first-order valence-corrected chi connectivity index (χ1v) is 17.6. The normalized spacial score (nSPS) is 20.1. The van der Waals surface area contributed by atoms with Gasteiger partial charge in [-0.25, -0.2) is 9.36 Å². The van der Waals surface area contributed by atoms with Gasteiger partial charge in [-0.2, -0.15) is 15.3 Å². The van der Waals surface area contributed by atoms with E-state index in [0.29, 0.717) is 19.1 Å². The van der Waals surface area contributed by atoms with Crippen LogP contribution in [0, 0.1) is 3.57 Å². The lowest BCUT2D eigenvalue weighted by Gasteiger charge is -2.32. The van der Waals surface area contributed by atoms with E-state index in [4.69, 9.17) is 28.6 Å². The van der Waals surface area contributed by atoms with Gasteiger partial charge in [0.05, 0.1) is 62.3 Å². The fourth-order valence-electron chi connectivity index (χ4n) is 6.02. The highest BCUT2D eigenvalue weighted by Gasteiger charge is 2.50. The summed E-state index contributed by atoms with van der Waals surface area (Å²) in [5.41, 5.74) is 5.07. The Bertz CT molecular complexity index is 1740. The molecule has 5 heterocycles. The molecule has 2 aliphatic heterocycles. The molecule has 0 amide bonds. The third kappa shape index (κ3) is 6.92. The van der Waals surface area contributed by atoms with Crippen LogP contribution in [0.4, 0.5) is 0 Å². The van der Waals surface area contributed by atoms with Gasteiger partial charge in [0.2, 0.25) is 5.88 Å². The van der Waals surface area contributed by atoms with Gasteiger partial charge in [-0.15, -0.1) is 0 Å². The second-order valence-electron chi connectivity index (χ2n) is 13.5. The minimum absolute atomic E-state index is 0.0996. The van der Waals surface area contributed by atoms with E-state index in [9.17, 15) is 0 Å². The van der Waals surface area contributed by atoms with Crippen LogP contribution in [0.3, 0.4) is 0 Å². The Morgan fingerprint density at radius 2 is 1.87 bits per heavy atom. The molecule has 2 atom stereocenters. The number of nitrogens with zero attached hydrogens (tertiary/aromatic N) is 6. The molecule has 2 aliphatic rings. The van der Waals surface area contributed by atoms with Crippen LogP contribution in [0.5, 0.6) is 5.88 Å². The van der Waals surface area contributed by atoms with Crippen LogP contribution >= 0.6 is 22.6 Å². The van der Waals surface area contributed by atoms with Crippen LogP contribution in [-0.2, 0) is 45.9 Å². The highest BCUT2D eigenvalue weighted by molar-refractivity contribution is 14.1. The van der Waals surface area contributed by atoms with Crippen molar-refractivity contribution >= 4 is 46.7 Å². The fraction of sp³-hybridized carbons (Fsp3) is 0.559. The number of ether oxygens (including phenoxy) is 3. The zero-order chi connectivity index (χ0) is 33.5. The lowest BCUT2D eigenvalue weighted by atomic mass is 9.89. The molecule has 0 N–H and O–H groups in total. The topological polar surface area (TPSA) is 99.6 Å².